The Hall–Kier alpha value is -3.22. The van der Waals surface area contributed by atoms with Gasteiger partial charge in [0.2, 0.25) is 5.91 Å². The minimum Gasteiger partial charge on any atom is -0.455 e. The summed E-state index contributed by atoms with van der Waals surface area (Å²) in [5.74, 6) is -2.35. The van der Waals surface area contributed by atoms with Crippen LogP contribution in [-0.4, -0.2) is 30.9 Å². The van der Waals surface area contributed by atoms with Crippen molar-refractivity contribution in [1.29, 1.82) is 0 Å². The molecule has 0 bridgehead atoms. The Labute approximate surface area is 168 Å². The van der Waals surface area contributed by atoms with Crippen molar-refractivity contribution in [2.75, 3.05) is 23.4 Å². The van der Waals surface area contributed by atoms with Crippen molar-refractivity contribution in [2.45, 2.75) is 26.2 Å². The summed E-state index contributed by atoms with van der Waals surface area (Å²) < 4.78 is 19.0. The van der Waals surface area contributed by atoms with Gasteiger partial charge in [0.25, 0.3) is 5.91 Å². The highest BCUT2D eigenvalue weighted by Gasteiger charge is 2.37. The molecule has 1 saturated heterocycles. The predicted octanol–water partition coefficient (Wildman–Crippen LogP) is 3.48. The number of rotatable bonds is 6. The maximum Gasteiger partial charge on any atom is 0.311 e. The summed E-state index contributed by atoms with van der Waals surface area (Å²) in [5, 5.41) is 2.66. The van der Waals surface area contributed by atoms with E-state index in [2.05, 4.69) is 19.2 Å². The Bertz CT molecular complexity index is 911. The molecule has 6 nitrogen and oxygen atoms in total. The zero-order valence-corrected chi connectivity index (χ0v) is 16.4. The van der Waals surface area contributed by atoms with Crippen LogP contribution in [0, 0.1) is 11.7 Å². The van der Waals surface area contributed by atoms with E-state index >= 15 is 0 Å². The van der Waals surface area contributed by atoms with Gasteiger partial charge in [0.15, 0.2) is 6.61 Å². The molecule has 1 aliphatic heterocycles. The predicted molar refractivity (Wildman–Crippen MR) is 107 cm³/mol. The van der Waals surface area contributed by atoms with Gasteiger partial charge in [-0.15, -0.1) is 0 Å². The topological polar surface area (TPSA) is 75.7 Å². The number of esters is 1. The van der Waals surface area contributed by atoms with Crippen molar-refractivity contribution in [1.82, 2.24) is 0 Å². The van der Waals surface area contributed by atoms with Crippen LogP contribution in [-0.2, 0) is 19.1 Å². The van der Waals surface area contributed by atoms with Gasteiger partial charge in [0, 0.05) is 18.7 Å². The Balaban J connectivity index is 1.51. The Kier molecular flexibility index (Phi) is 6.26. The van der Waals surface area contributed by atoms with E-state index in [9.17, 15) is 18.8 Å². The summed E-state index contributed by atoms with van der Waals surface area (Å²) in [6.07, 6.45) is -0.0779. The van der Waals surface area contributed by atoms with Gasteiger partial charge in [-0.1, -0.05) is 38.1 Å². The number of benzene rings is 2. The molecule has 0 unspecified atom stereocenters. The number of hydrogen-bond donors (Lipinski definition) is 1. The summed E-state index contributed by atoms with van der Waals surface area (Å²) in [7, 11) is 0. The van der Waals surface area contributed by atoms with Gasteiger partial charge in [-0.05, 0) is 35.7 Å². The second kappa shape index (κ2) is 8.86. The number of para-hydroxylation sites is 1. The van der Waals surface area contributed by atoms with E-state index < -0.39 is 30.2 Å². The van der Waals surface area contributed by atoms with Crippen LogP contribution >= 0.6 is 0 Å². The molecule has 0 spiro atoms. The van der Waals surface area contributed by atoms with E-state index in [1.807, 2.05) is 12.1 Å². The van der Waals surface area contributed by atoms with Crippen LogP contribution in [0.1, 0.15) is 31.7 Å². The highest BCUT2D eigenvalue weighted by Crippen LogP contribution is 2.27. The normalized spacial score (nSPS) is 16.2. The van der Waals surface area contributed by atoms with Crippen molar-refractivity contribution in [3.63, 3.8) is 0 Å². The molecule has 1 fully saturated rings. The lowest BCUT2D eigenvalue weighted by molar-refractivity contribution is -0.151. The van der Waals surface area contributed by atoms with Crippen LogP contribution in [0.3, 0.4) is 0 Å². The molecule has 0 radical (unpaired) electrons. The summed E-state index contributed by atoms with van der Waals surface area (Å²) in [5.41, 5.74) is 1.90. The van der Waals surface area contributed by atoms with Crippen LogP contribution in [0.25, 0.3) is 0 Å². The van der Waals surface area contributed by atoms with Gasteiger partial charge in [0.1, 0.15) is 5.82 Å². The van der Waals surface area contributed by atoms with Gasteiger partial charge >= 0.3 is 5.97 Å². The van der Waals surface area contributed by atoms with Crippen LogP contribution in [0.4, 0.5) is 15.8 Å². The molecule has 2 amide bonds. The van der Waals surface area contributed by atoms with Gasteiger partial charge in [0.05, 0.1) is 11.6 Å². The molecule has 1 heterocycles. The third-order valence-corrected chi connectivity index (χ3v) is 4.81. The first-order valence-corrected chi connectivity index (χ1v) is 9.46. The molecule has 2 aromatic carbocycles. The average molecular weight is 398 g/mol. The van der Waals surface area contributed by atoms with Gasteiger partial charge < -0.3 is 15.0 Å². The minimum atomic E-state index is -0.736. The minimum absolute atomic E-state index is 0.0247. The number of nitrogens with zero attached hydrogens (tertiary/aromatic N) is 1. The number of hydrogen-bond acceptors (Lipinski definition) is 4. The number of anilines is 2. The number of ether oxygens (including phenoxy) is 1. The molecular weight excluding hydrogens is 375 g/mol. The maximum absolute atomic E-state index is 13.9. The largest absolute Gasteiger partial charge is 0.455 e. The van der Waals surface area contributed by atoms with Crippen molar-refractivity contribution < 1.29 is 23.5 Å². The number of halogens is 1. The van der Waals surface area contributed by atoms with Crippen LogP contribution in [0.5, 0.6) is 0 Å². The summed E-state index contributed by atoms with van der Waals surface area (Å²) in [4.78, 5) is 37.7. The van der Waals surface area contributed by atoms with Gasteiger partial charge in [-0.3, -0.25) is 14.4 Å². The number of nitrogens with one attached hydrogen (secondary N) is 1. The van der Waals surface area contributed by atoms with E-state index in [4.69, 9.17) is 4.74 Å². The first kappa shape index (κ1) is 20.5. The molecular formula is C22H23FN2O4. The van der Waals surface area contributed by atoms with E-state index in [1.54, 1.807) is 18.2 Å². The molecule has 152 valence electrons. The van der Waals surface area contributed by atoms with Crippen molar-refractivity contribution in [3.05, 3.63) is 59.9 Å². The molecule has 0 aliphatic carbocycles. The lowest BCUT2D eigenvalue weighted by Gasteiger charge is -2.17. The van der Waals surface area contributed by atoms with Crippen molar-refractivity contribution >= 4 is 29.2 Å². The Morgan fingerprint density at radius 1 is 1.17 bits per heavy atom. The quantitative estimate of drug-likeness (QED) is 0.756. The first-order valence-electron chi connectivity index (χ1n) is 9.46. The van der Waals surface area contributed by atoms with Crippen LogP contribution in [0.2, 0.25) is 0 Å². The average Bonchev–Trinajstić information content (AvgIpc) is 3.08. The second-order valence-electron chi connectivity index (χ2n) is 7.29. The number of carbonyl (C=O) groups excluding carboxylic acids is 3. The molecule has 1 N–H and O–H groups in total. The zero-order valence-electron chi connectivity index (χ0n) is 16.4. The lowest BCUT2D eigenvalue weighted by atomic mass is 10.0. The maximum atomic E-state index is 13.9. The lowest BCUT2D eigenvalue weighted by Crippen LogP contribution is -2.28. The molecule has 3 rings (SSSR count). The highest BCUT2D eigenvalue weighted by molar-refractivity contribution is 6.00. The first-order chi connectivity index (χ1) is 13.8. The van der Waals surface area contributed by atoms with E-state index in [0.717, 1.165) is 5.56 Å². The molecule has 0 saturated carbocycles. The SMILES string of the molecule is CC(C)c1ccc(NC(=O)COC(=O)[C@H]2CC(=O)N(c3ccccc3F)C2)cc1. The third-order valence-electron chi connectivity index (χ3n) is 4.81. The fourth-order valence-corrected chi connectivity index (χ4v) is 3.17. The molecule has 0 aromatic heterocycles. The molecule has 2 aromatic rings. The summed E-state index contributed by atoms with van der Waals surface area (Å²) in [6, 6.07) is 13.3. The fourth-order valence-electron chi connectivity index (χ4n) is 3.17. The Morgan fingerprint density at radius 3 is 2.52 bits per heavy atom. The van der Waals surface area contributed by atoms with E-state index in [-0.39, 0.29) is 24.6 Å². The molecule has 1 atom stereocenters. The monoisotopic (exact) mass is 398 g/mol. The summed E-state index contributed by atoms with van der Waals surface area (Å²) >= 11 is 0. The summed E-state index contributed by atoms with van der Waals surface area (Å²) in [6.45, 7) is 3.73. The zero-order chi connectivity index (χ0) is 21.0. The van der Waals surface area contributed by atoms with Crippen LogP contribution < -0.4 is 10.2 Å². The third kappa shape index (κ3) is 4.99. The highest BCUT2D eigenvalue weighted by atomic mass is 19.1. The number of amides is 2. The smallest absolute Gasteiger partial charge is 0.311 e. The molecule has 7 heteroatoms. The van der Waals surface area contributed by atoms with Crippen molar-refractivity contribution in [3.8, 4) is 0 Å². The Morgan fingerprint density at radius 2 is 1.86 bits per heavy atom. The standard InChI is InChI=1S/C22H23FN2O4/c1-14(2)15-7-9-17(10-8-15)24-20(26)13-29-22(28)16-11-21(27)25(12-16)19-6-4-3-5-18(19)23/h3-10,14,16H,11-13H2,1-2H3,(H,24,26)/t16-/m0/s1. The van der Waals surface area contributed by atoms with Gasteiger partial charge in [-0.25, -0.2) is 4.39 Å². The van der Waals surface area contributed by atoms with Crippen LogP contribution in [0.15, 0.2) is 48.5 Å². The van der Waals surface area contributed by atoms with Gasteiger partial charge in [-0.2, -0.15) is 0 Å². The van der Waals surface area contributed by atoms with E-state index in [0.29, 0.717) is 11.6 Å². The number of carbonyl (C=O) groups is 3. The molecule has 1 aliphatic rings. The fraction of sp³-hybridized carbons (Fsp3) is 0.318. The second-order valence-corrected chi connectivity index (χ2v) is 7.29. The molecule has 29 heavy (non-hydrogen) atoms. The van der Waals surface area contributed by atoms with Crippen molar-refractivity contribution in [2.24, 2.45) is 5.92 Å². The van der Waals surface area contributed by atoms with E-state index in [1.165, 1.54) is 23.1 Å².